The van der Waals surface area contributed by atoms with Gasteiger partial charge in [0.05, 0.1) is 18.1 Å². The lowest BCUT2D eigenvalue weighted by Crippen LogP contribution is -2.40. The molecule has 1 aliphatic rings. The Balaban J connectivity index is 1.71. The van der Waals surface area contributed by atoms with Crippen molar-refractivity contribution in [2.75, 3.05) is 38.7 Å². The minimum absolute atomic E-state index is 0.329. The Morgan fingerprint density at radius 3 is 2.83 bits per heavy atom. The average molecular weight is 387 g/mol. The zero-order chi connectivity index (χ0) is 17.0. The highest BCUT2D eigenvalue weighted by molar-refractivity contribution is 8.00. The Labute approximate surface area is 149 Å². The van der Waals surface area contributed by atoms with Gasteiger partial charge in [0.25, 0.3) is 0 Å². The summed E-state index contributed by atoms with van der Waals surface area (Å²) in [5.74, 6) is 0.644. The van der Waals surface area contributed by atoms with Crippen molar-refractivity contribution in [3.63, 3.8) is 0 Å². The van der Waals surface area contributed by atoms with Crippen LogP contribution in [0.1, 0.15) is 5.56 Å². The number of ether oxygens (including phenoxy) is 1. The third-order valence-electron chi connectivity index (χ3n) is 3.49. The quantitative estimate of drug-likeness (QED) is 0.759. The first-order valence-corrected chi connectivity index (χ1v) is 10.6. The van der Waals surface area contributed by atoms with Gasteiger partial charge in [-0.3, -0.25) is 0 Å². The molecule has 0 amide bonds. The Kier molecular flexibility index (Phi) is 5.72. The van der Waals surface area contributed by atoms with E-state index < -0.39 is 10.0 Å². The Bertz CT molecular complexity index is 788. The van der Waals surface area contributed by atoms with Gasteiger partial charge in [0, 0.05) is 25.9 Å². The minimum atomic E-state index is -3.46. The summed E-state index contributed by atoms with van der Waals surface area (Å²) in [7, 11) is -1.66. The minimum Gasteiger partial charge on any atom is -0.379 e. The predicted molar refractivity (Wildman–Crippen MR) is 95.0 cm³/mol. The second-order valence-electron chi connectivity index (χ2n) is 5.08. The van der Waals surface area contributed by atoms with Crippen molar-refractivity contribution in [1.82, 2.24) is 14.5 Å². The number of aromatic nitrogens is 2. The number of hydrogen-bond donors (Lipinski definition) is 1. The zero-order valence-corrected chi connectivity index (χ0v) is 15.6. The van der Waals surface area contributed by atoms with E-state index in [0.717, 1.165) is 15.0 Å². The summed E-state index contributed by atoms with van der Waals surface area (Å²) in [6, 6.07) is 7.08. The summed E-state index contributed by atoms with van der Waals surface area (Å²) in [5, 5.41) is 11.8. The number of morpholine rings is 1. The van der Waals surface area contributed by atoms with Gasteiger partial charge in [-0.25, -0.2) is 8.42 Å². The van der Waals surface area contributed by atoms with E-state index in [1.54, 1.807) is 37.0 Å². The predicted octanol–water partition coefficient (Wildman–Crippen LogP) is 1.89. The summed E-state index contributed by atoms with van der Waals surface area (Å²) in [6.07, 6.45) is 0. The van der Waals surface area contributed by atoms with E-state index in [2.05, 4.69) is 15.5 Å². The Morgan fingerprint density at radius 2 is 2.12 bits per heavy atom. The normalized spacial score (nSPS) is 16.2. The molecule has 1 fully saturated rings. The van der Waals surface area contributed by atoms with Gasteiger partial charge in [0.1, 0.15) is 0 Å². The summed E-state index contributed by atoms with van der Waals surface area (Å²) in [4.78, 5) is 0.329. The topological polar surface area (TPSA) is 84.4 Å². The molecule has 0 atom stereocenters. The molecule has 1 saturated heterocycles. The molecule has 0 unspecified atom stereocenters. The number of anilines is 1. The average Bonchev–Trinajstić information content (AvgIpc) is 3.09. The van der Waals surface area contributed by atoms with Crippen molar-refractivity contribution >= 4 is 38.3 Å². The van der Waals surface area contributed by atoms with E-state index in [4.69, 9.17) is 4.74 Å². The van der Waals surface area contributed by atoms with Crippen molar-refractivity contribution in [1.29, 1.82) is 0 Å². The number of benzene rings is 1. The van der Waals surface area contributed by atoms with E-state index in [-0.39, 0.29) is 0 Å². The molecule has 1 aromatic heterocycles. The molecule has 0 aliphatic carbocycles. The van der Waals surface area contributed by atoms with Crippen LogP contribution in [0.15, 0.2) is 33.5 Å². The number of nitrogens with one attached hydrogen (secondary N) is 1. The van der Waals surface area contributed by atoms with Gasteiger partial charge in [0.15, 0.2) is 4.34 Å². The maximum Gasteiger partial charge on any atom is 0.243 e. The Morgan fingerprint density at radius 1 is 1.33 bits per heavy atom. The van der Waals surface area contributed by atoms with Gasteiger partial charge < -0.3 is 10.1 Å². The second-order valence-corrected chi connectivity index (χ2v) is 9.21. The van der Waals surface area contributed by atoms with Crippen molar-refractivity contribution < 1.29 is 13.2 Å². The fourth-order valence-corrected chi connectivity index (χ4v) is 5.37. The standard InChI is InChI=1S/C14H18N4O3S3/c1-15-13-16-17-14(23-13)22-10-11-3-2-4-12(9-11)24(19,20)18-5-7-21-8-6-18/h2-4,9H,5-8,10H2,1H3,(H,15,16). The fourth-order valence-electron chi connectivity index (χ4n) is 2.25. The number of thioether (sulfide) groups is 1. The summed E-state index contributed by atoms with van der Waals surface area (Å²) in [6.45, 7) is 1.69. The molecule has 7 nitrogen and oxygen atoms in total. The van der Waals surface area contributed by atoms with Crippen LogP contribution in [-0.4, -0.2) is 56.3 Å². The van der Waals surface area contributed by atoms with Gasteiger partial charge in [0.2, 0.25) is 15.2 Å². The molecule has 0 radical (unpaired) electrons. The second kappa shape index (κ2) is 7.79. The van der Waals surface area contributed by atoms with Gasteiger partial charge in [-0.2, -0.15) is 4.31 Å². The number of rotatable bonds is 6. The molecule has 0 spiro atoms. The first kappa shape index (κ1) is 17.6. The van der Waals surface area contributed by atoms with E-state index in [1.165, 1.54) is 15.6 Å². The van der Waals surface area contributed by atoms with Gasteiger partial charge in [-0.1, -0.05) is 35.2 Å². The summed E-state index contributed by atoms with van der Waals surface area (Å²) < 4.78 is 32.9. The maximum absolute atomic E-state index is 12.7. The molecule has 2 heterocycles. The van der Waals surface area contributed by atoms with Crippen LogP contribution in [0.4, 0.5) is 5.13 Å². The third kappa shape index (κ3) is 4.06. The molecule has 24 heavy (non-hydrogen) atoms. The molecule has 130 valence electrons. The lowest BCUT2D eigenvalue weighted by atomic mass is 10.2. The smallest absolute Gasteiger partial charge is 0.243 e. The molecule has 1 aromatic carbocycles. The Hall–Kier alpha value is -1.20. The maximum atomic E-state index is 12.7. The SMILES string of the molecule is CNc1nnc(SCc2cccc(S(=O)(=O)N3CCOCC3)c2)s1. The molecular formula is C14H18N4O3S3. The van der Waals surface area contributed by atoms with E-state index in [0.29, 0.717) is 37.0 Å². The lowest BCUT2D eigenvalue weighted by molar-refractivity contribution is 0.0730. The number of hydrogen-bond acceptors (Lipinski definition) is 8. The largest absolute Gasteiger partial charge is 0.379 e. The van der Waals surface area contributed by atoms with Gasteiger partial charge >= 0.3 is 0 Å². The zero-order valence-electron chi connectivity index (χ0n) is 13.1. The molecule has 2 aromatic rings. The van der Waals surface area contributed by atoms with Gasteiger partial charge in [-0.15, -0.1) is 10.2 Å². The first-order valence-electron chi connectivity index (χ1n) is 7.40. The van der Waals surface area contributed by atoms with E-state index >= 15 is 0 Å². The van der Waals surface area contributed by atoms with Crippen molar-refractivity contribution in [3.8, 4) is 0 Å². The van der Waals surface area contributed by atoms with Gasteiger partial charge in [-0.05, 0) is 17.7 Å². The third-order valence-corrected chi connectivity index (χ3v) is 7.53. The van der Waals surface area contributed by atoms with Crippen LogP contribution >= 0.6 is 23.1 Å². The molecule has 1 N–H and O–H groups in total. The van der Waals surface area contributed by atoms with Crippen LogP contribution in [0, 0.1) is 0 Å². The van der Waals surface area contributed by atoms with Crippen LogP contribution in [0.5, 0.6) is 0 Å². The molecular weight excluding hydrogens is 368 g/mol. The van der Waals surface area contributed by atoms with Crippen LogP contribution in [0.2, 0.25) is 0 Å². The lowest BCUT2D eigenvalue weighted by Gasteiger charge is -2.26. The van der Waals surface area contributed by atoms with Crippen molar-refractivity contribution in [2.24, 2.45) is 0 Å². The van der Waals surface area contributed by atoms with Crippen LogP contribution in [0.25, 0.3) is 0 Å². The molecule has 10 heteroatoms. The fraction of sp³-hybridized carbons (Fsp3) is 0.429. The number of nitrogens with zero attached hydrogens (tertiary/aromatic N) is 3. The molecule has 1 aliphatic heterocycles. The number of sulfonamides is 1. The summed E-state index contributed by atoms with van der Waals surface area (Å²) >= 11 is 3.01. The van der Waals surface area contributed by atoms with Crippen LogP contribution < -0.4 is 5.32 Å². The van der Waals surface area contributed by atoms with E-state index in [9.17, 15) is 8.42 Å². The van der Waals surface area contributed by atoms with Crippen LogP contribution in [0.3, 0.4) is 0 Å². The highest BCUT2D eigenvalue weighted by atomic mass is 32.2. The van der Waals surface area contributed by atoms with E-state index in [1.807, 2.05) is 6.07 Å². The highest BCUT2D eigenvalue weighted by Gasteiger charge is 2.26. The van der Waals surface area contributed by atoms with Crippen molar-refractivity contribution in [2.45, 2.75) is 15.0 Å². The molecule has 0 bridgehead atoms. The monoisotopic (exact) mass is 386 g/mol. The highest BCUT2D eigenvalue weighted by Crippen LogP contribution is 2.29. The first-order chi connectivity index (χ1) is 11.6. The molecule has 0 saturated carbocycles. The van der Waals surface area contributed by atoms with Crippen molar-refractivity contribution in [3.05, 3.63) is 29.8 Å². The van der Waals surface area contributed by atoms with Crippen LogP contribution in [-0.2, 0) is 20.5 Å². The summed E-state index contributed by atoms with van der Waals surface area (Å²) in [5.41, 5.74) is 0.940. The molecule has 3 rings (SSSR count).